The molecular formula is C16H25ClN2O. The van der Waals surface area contributed by atoms with E-state index >= 15 is 0 Å². The zero-order valence-electron chi connectivity index (χ0n) is 12.3. The minimum atomic E-state index is 0.681. The highest BCUT2D eigenvalue weighted by atomic mass is 35.5. The number of piperidine rings is 1. The first kappa shape index (κ1) is 15.6. The average Bonchev–Trinajstić information content (AvgIpc) is 2.48. The molecule has 0 unspecified atom stereocenters. The smallest absolute Gasteiger partial charge is 0.137 e. The maximum Gasteiger partial charge on any atom is 0.137 e. The van der Waals surface area contributed by atoms with Gasteiger partial charge in [0.25, 0.3) is 0 Å². The van der Waals surface area contributed by atoms with E-state index in [0.717, 1.165) is 18.8 Å². The fourth-order valence-corrected chi connectivity index (χ4v) is 2.94. The van der Waals surface area contributed by atoms with E-state index in [1.807, 2.05) is 12.1 Å². The van der Waals surface area contributed by atoms with Crippen LogP contribution >= 0.6 is 11.6 Å². The van der Waals surface area contributed by atoms with Crippen LogP contribution in [-0.4, -0.2) is 38.2 Å². The summed E-state index contributed by atoms with van der Waals surface area (Å²) in [6.07, 6.45) is 5.37. The van der Waals surface area contributed by atoms with Gasteiger partial charge in [0.1, 0.15) is 5.75 Å². The summed E-state index contributed by atoms with van der Waals surface area (Å²) in [5, 5.41) is 4.16. The van der Waals surface area contributed by atoms with Crippen molar-refractivity contribution in [3.8, 4) is 5.75 Å². The van der Waals surface area contributed by atoms with E-state index in [1.54, 1.807) is 7.11 Å². The lowest BCUT2D eigenvalue weighted by Crippen LogP contribution is -2.32. The van der Waals surface area contributed by atoms with Crippen molar-refractivity contribution in [2.24, 2.45) is 0 Å². The Bertz CT molecular complexity index is 405. The van der Waals surface area contributed by atoms with Crippen molar-refractivity contribution >= 4 is 11.6 Å². The molecular weight excluding hydrogens is 272 g/mol. The van der Waals surface area contributed by atoms with Gasteiger partial charge in [-0.05, 0) is 63.1 Å². The van der Waals surface area contributed by atoms with Gasteiger partial charge in [-0.1, -0.05) is 24.1 Å². The van der Waals surface area contributed by atoms with Crippen LogP contribution in [0.5, 0.6) is 5.75 Å². The number of ether oxygens (including phenoxy) is 1. The van der Waals surface area contributed by atoms with Gasteiger partial charge in [-0.25, -0.2) is 0 Å². The molecule has 0 aromatic heterocycles. The Morgan fingerprint density at radius 2 is 2.05 bits per heavy atom. The topological polar surface area (TPSA) is 24.5 Å². The quantitative estimate of drug-likeness (QED) is 0.781. The lowest BCUT2D eigenvalue weighted by molar-refractivity contribution is 0.225. The summed E-state index contributed by atoms with van der Waals surface area (Å²) >= 11 is 6.11. The molecule has 0 atom stereocenters. The van der Waals surface area contributed by atoms with E-state index in [1.165, 1.54) is 50.9 Å². The molecule has 0 radical (unpaired) electrons. The molecule has 0 bridgehead atoms. The van der Waals surface area contributed by atoms with Gasteiger partial charge in [-0.2, -0.15) is 0 Å². The number of benzene rings is 1. The van der Waals surface area contributed by atoms with Crippen LogP contribution in [0.2, 0.25) is 5.02 Å². The average molecular weight is 297 g/mol. The Kier molecular flexibility index (Phi) is 6.64. The van der Waals surface area contributed by atoms with Crippen LogP contribution in [0.15, 0.2) is 18.2 Å². The molecule has 20 heavy (non-hydrogen) atoms. The molecule has 1 heterocycles. The summed E-state index contributed by atoms with van der Waals surface area (Å²) in [5.41, 5.74) is 1.20. The van der Waals surface area contributed by atoms with Gasteiger partial charge in [0, 0.05) is 6.54 Å². The van der Waals surface area contributed by atoms with E-state index in [2.05, 4.69) is 16.3 Å². The van der Waals surface area contributed by atoms with E-state index in [4.69, 9.17) is 16.3 Å². The zero-order chi connectivity index (χ0) is 14.2. The number of nitrogens with one attached hydrogen (secondary N) is 1. The summed E-state index contributed by atoms with van der Waals surface area (Å²) in [5.74, 6) is 0.737. The fraction of sp³-hybridized carbons (Fsp3) is 0.625. The van der Waals surface area contributed by atoms with E-state index in [0.29, 0.717) is 5.02 Å². The Morgan fingerprint density at radius 3 is 2.75 bits per heavy atom. The molecule has 1 aliphatic rings. The van der Waals surface area contributed by atoms with Crippen LogP contribution < -0.4 is 10.1 Å². The monoisotopic (exact) mass is 296 g/mol. The highest BCUT2D eigenvalue weighted by Gasteiger charge is 2.08. The lowest BCUT2D eigenvalue weighted by Gasteiger charge is -2.26. The Labute approximate surface area is 127 Å². The number of methoxy groups -OCH3 is 1. The van der Waals surface area contributed by atoms with Crippen LogP contribution in [-0.2, 0) is 6.54 Å². The van der Waals surface area contributed by atoms with Gasteiger partial charge in [-0.15, -0.1) is 0 Å². The van der Waals surface area contributed by atoms with E-state index in [-0.39, 0.29) is 0 Å². The molecule has 112 valence electrons. The van der Waals surface area contributed by atoms with Crippen molar-refractivity contribution in [3.63, 3.8) is 0 Å². The number of hydrogen-bond donors (Lipinski definition) is 1. The first-order chi connectivity index (χ1) is 9.79. The van der Waals surface area contributed by atoms with Gasteiger partial charge >= 0.3 is 0 Å². The predicted octanol–water partition coefficient (Wildman–Crippen LogP) is 3.31. The predicted molar refractivity (Wildman–Crippen MR) is 84.6 cm³/mol. The normalized spacial score (nSPS) is 16.3. The second-order valence-corrected chi connectivity index (χ2v) is 5.81. The fourth-order valence-electron chi connectivity index (χ4n) is 2.66. The molecule has 1 fully saturated rings. The van der Waals surface area contributed by atoms with E-state index < -0.39 is 0 Å². The van der Waals surface area contributed by atoms with Gasteiger partial charge < -0.3 is 15.0 Å². The van der Waals surface area contributed by atoms with Crippen molar-refractivity contribution in [1.82, 2.24) is 10.2 Å². The summed E-state index contributed by atoms with van der Waals surface area (Å²) in [6, 6.07) is 5.95. The second-order valence-electron chi connectivity index (χ2n) is 5.40. The second kappa shape index (κ2) is 8.50. The van der Waals surface area contributed by atoms with Crippen molar-refractivity contribution in [3.05, 3.63) is 28.8 Å². The highest BCUT2D eigenvalue weighted by Crippen LogP contribution is 2.24. The number of rotatable bonds is 7. The number of hydrogen-bond acceptors (Lipinski definition) is 3. The summed E-state index contributed by atoms with van der Waals surface area (Å²) in [6.45, 7) is 5.71. The van der Waals surface area contributed by atoms with Gasteiger partial charge in [-0.3, -0.25) is 0 Å². The van der Waals surface area contributed by atoms with Gasteiger partial charge in [0.15, 0.2) is 0 Å². The molecule has 0 amide bonds. The zero-order valence-corrected chi connectivity index (χ0v) is 13.1. The molecule has 1 aromatic carbocycles. The molecule has 1 saturated heterocycles. The Balaban J connectivity index is 1.61. The van der Waals surface area contributed by atoms with Crippen LogP contribution in [0.4, 0.5) is 0 Å². The largest absolute Gasteiger partial charge is 0.495 e. The molecule has 2 rings (SSSR count). The molecule has 1 N–H and O–H groups in total. The number of nitrogens with zero attached hydrogens (tertiary/aromatic N) is 1. The van der Waals surface area contributed by atoms with Gasteiger partial charge in [0.05, 0.1) is 12.1 Å². The summed E-state index contributed by atoms with van der Waals surface area (Å²) in [7, 11) is 1.64. The van der Waals surface area contributed by atoms with Crippen molar-refractivity contribution in [2.45, 2.75) is 32.2 Å². The number of likely N-dealkylation sites (tertiary alicyclic amines) is 1. The third-order valence-corrected chi connectivity index (χ3v) is 4.12. The molecule has 0 saturated carbocycles. The van der Waals surface area contributed by atoms with Crippen LogP contribution in [0.1, 0.15) is 31.2 Å². The first-order valence-corrected chi connectivity index (χ1v) is 7.93. The number of halogens is 1. The van der Waals surface area contributed by atoms with Crippen LogP contribution in [0, 0.1) is 0 Å². The maximum absolute atomic E-state index is 6.11. The van der Waals surface area contributed by atoms with Crippen molar-refractivity contribution in [1.29, 1.82) is 0 Å². The van der Waals surface area contributed by atoms with Crippen molar-refractivity contribution < 1.29 is 4.74 Å². The SMILES string of the molecule is COc1ccc(CNCCCN2CCCCC2)cc1Cl. The third-order valence-electron chi connectivity index (χ3n) is 3.82. The molecule has 4 heteroatoms. The molecule has 3 nitrogen and oxygen atoms in total. The minimum Gasteiger partial charge on any atom is -0.495 e. The Hall–Kier alpha value is -0.770. The molecule has 0 aliphatic carbocycles. The highest BCUT2D eigenvalue weighted by molar-refractivity contribution is 6.32. The minimum absolute atomic E-state index is 0.681. The van der Waals surface area contributed by atoms with Crippen LogP contribution in [0.3, 0.4) is 0 Å². The van der Waals surface area contributed by atoms with Crippen LogP contribution in [0.25, 0.3) is 0 Å². The molecule has 0 spiro atoms. The van der Waals surface area contributed by atoms with E-state index in [9.17, 15) is 0 Å². The van der Waals surface area contributed by atoms with Crippen molar-refractivity contribution in [2.75, 3.05) is 33.3 Å². The first-order valence-electron chi connectivity index (χ1n) is 7.55. The molecule has 1 aliphatic heterocycles. The standard InChI is InChI=1S/C16H25ClN2O/c1-20-16-7-6-14(12-15(16)17)13-18-8-5-11-19-9-3-2-4-10-19/h6-7,12,18H,2-5,8-11,13H2,1H3. The maximum atomic E-state index is 6.11. The summed E-state index contributed by atoms with van der Waals surface area (Å²) in [4.78, 5) is 2.58. The molecule has 1 aromatic rings. The Morgan fingerprint density at radius 1 is 1.25 bits per heavy atom. The summed E-state index contributed by atoms with van der Waals surface area (Å²) < 4.78 is 5.15. The van der Waals surface area contributed by atoms with Gasteiger partial charge in [0.2, 0.25) is 0 Å². The third kappa shape index (κ3) is 4.97. The lowest BCUT2D eigenvalue weighted by atomic mass is 10.1.